The van der Waals surface area contributed by atoms with Gasteiger partial charge in [-0.3, -0.25) is 9.59 Å². The van der Waals surface area contributed by atoms with Crippen molar-refractivity contribution < 1.29 is 28.5 Å². The Morgan fingerprint density at radius 3 is 1.23 bits per heavy atom. The monoisotopic (exact) mass is 642 g/mol. The minimum Gasteiger partial charge on any atom is -0.493 e. The number of nitrogens with zero attached hydrogens (tertiary/aromatic N) is 2. The Bertz CT molecular complexity index is 1400. The maximum atomic E-state index is 12.5. The minimum absolute atomic E-state index is 0.114. The first-order chi connectivity index (χ1) is 22.2. The fraction of sp³-hybridized carbons (Fsp3) is 0.487. The number of benzene rings is 2. The molecule has 0 spiro atoms. The number of carbonyl (C=O) groups is 2. The van der Waals surface area contributed by atoms with E-state index in [1.54, 1.807) is 80.0 Å². The predicted molar refractivity (Wildman–Crippen MR) is 185 cm³/mol. The molecule has 2 aromatic carbocycles. The van der Waals surface area contributed by atoms with E-state index in [-0.39, 0.29) is 22.7 Å². The van der Waals surface area contributed by atoms with Gasteiger partial charge >= 0.3 is 0 Å². The van der Waals surface area contributed by atoms with E-state index in [2.05, 4.69) is 0 Å². The standard InChI is InChI=1S/C39H50N2O6/c1-38(2,3)36(42)30(26-40)22-28-16-18-32(34(24-28)44-7)46-20-14-12-10-9-11-13-15-21-47-33-19-17-29(25-35(33)45-8)23-31(27-41)37(43)39(4,5)6/h16-19,22-25H,9-15,20-21H2,1-8H3. The third-order valence-electron chi connectivity index (χ3n) is 7.39. The molecule has 0 aliphatic heterocycles. The third-order valence-corrected chi connectivity index (χ3v) is 7.39. The molecular weight excluding hydrogens is 592 g/mol. The van der Waals surface area contributed by atoms with Gasteiger partial charge in [0.05, 0.1) is 38.6 Å². The van der Waals surface area contributed by atoms with Crippen molar-refractivity contribution in [1.82, 2.24) is 0 Å². The largest absolute Gasteiger partial charge is 0.493 e. The third kappa shape index (κ3) is 12.6. The Balaban J connectivity index is 1.71. The topological polar surface area (TPSA) is 119 Å². The molecule has 0 aliphatic rings. The summed E-state index contributed by atoms with van der Waals surface area (Å²) in [7, 11) is 3.14. The molecule has 0 amide bonds. The number of allylic oxidation sites excluding steroid dienone is 2. The number of Topliss-reactive ketones (excluding diaryl/α,β-unsaturated/α-hetero) is 2. The van der Waals surface area contributed by atoms with Gasteiger partial charge in [-0.15, -0.1) is 0 Å². The first kappa shape index (κ1) is 38.6. The van der Waals surface area contributed by atoms with E-state index in [0.717, 1.165) is 44.9 Å². The van der Waals surface area contributed by atoms with Gasteiger partial charge in [0, 0.05) is 10.8 Å². The van der Waals surface area contributed by atoms with Crippen LogP contribution < -0.4 is 18.9 Å². The SMILES string of the molecule is COc1cc(C=C(C#N)C(=O)C(C)(C)C)ccc1OCCCCCCCCCOc1ccc(C=C(C#N)C(=O)C(C)(C)C)cc1OC. The Kier molecular flexibility index (Phi) is 15.2. The summed E-state index contributed by atoms with van der Waals surface area (Å²) in [5, 5.41) is 18.9. The Morgan fingerprint density at radius 1 is 0.596 bits per heavy atom. The first-order valence-electron chi connectivity index (χ1n) is 16.2. The molecule has 0 aliphatic carbocycles. The van der Waals surface area contributed by atoms with Crippen LogP contribution in [0.5, 0.6) is 23.0 Å². The molecule has 0 saturated carbocycles. The van der Waals surface area contributed by atoms with Gasteiger partial charge in [0.2, 0.25) is 0 Å². The molecule has 0 heterocycles. The number of ether oxygens (including phenoxy) is 4. The first-order valence-corrected chi connectivity index (χ1v) is 16.2. The normalized spacial score (nSPS) is 12.1. The highest BCUT2D eigenvalue weighted by atomic mass is 16.5. The number of unbranched alkanes of at least 4 members (excludes halogenated alkanes) is 6. The lowest BCUT2D eigenvalue weighted by Crippen LogP contribution is -2.21. The van der Waals surface area contributed by atoms with Crippen LogP contribution >= 0.6 is 0 Å². The average molecular weight is 643 g/mol. The summed E-state index contributed by atoms with van der Waals surface area (Å²) in [4.78, 5) is 25.0. The lowest BCUT2D eigenvalue weighted by Gasteiger charge is -2.15. The van der Waals surface area contributed by atoms with Crippen molar-refractivity contribution in [2.45, 2.75) is 86.5 Å². The highest BCUT2D eigenvalue weighted by Crippen LogP contribution is 2.31. The van der Waals surface area contributed by atoms with Crippen LogP contribution in [0.25, 0.3) is 12.2 Å². The van der Waals surface area contributed by atoms with Crippen LogP contribution in [-0.2, 0) is 9.59 Å². The van der Waals surface area contributed by atoms with Crippen LogP contribution in [-0.4, -0.2) is 39.0 Å². The molecule has 0 atom stereocenters. The molecule has 252 valence electrons. The van der Waals surface area contributed by atoms with Crippen LogP contribution in [0.1, 0.15) is 97.6 Å². The number of methoxy groups -OCH3 is 2. The molecular formula is C39H50N2O6. The van der Waals surface area contributed by atoms with Gasteiger partial charge in [0.1, 0.15) is 12.1 Å². The van der Waals surface area contributed by atoms with Crippen LogP contribution in [0.15, 0.2) is 47.5 Å². The quantitative estimate of drug-likeness (QED) is 0.0898. The second-order valence-corrected chi connectivity index (χ2v) is 13.5. The lowest BCUT2D eigenvalue weighted by molar-refractivity contribution is -0.122. The summed E-state index contributed by atoms with van der Waals surface area (Å²) >= 11 is 0. The molecule has 2 aromatic rings. The number of rotatable bonds is 18. The second-order valence-electron chi connectivity index (χ2n) is 13.5. The van der Waals surface area contributed by atoms with Crippen molar-refractivity contribution in [1.29, 1.82) is 10.5 Å². The summed E-state index contributed by atoms with van der Waals surface area (Å²) in [6, 6.07) is 14.9. The van der Waals surface area contributed by atoms with E-state index in [0.29, 0.717) is 47.3 Å². The van der Waals surface area contributed by atoms with Gasteiger partial charge < -0.3 is 18.9 Å². The van der Waals surface area contributed by atoms with Gasteiger partial charge in [0.25, 0.3) is 0 Å². The lowest BCUT2D eigenvalue weighted by atomic mass is 9.86. The predicted octanol–water partition coefficient (Wildman–Crippen LogP) is 8.94. The second kappa shape index (κ2) is 18.6. The maximum absolute atomic E-state index is 12.5. The van der Waals surface area contributed by atoms with Gasteiger partial charge in [-0.1, -0.05) is 85.8 Å². The fourth-order valence-electron chi connectivity index (χ4n) is 4.68. The van der Waals surface area contributed by atoms with Crippen LogP contribution in [0, 0.1) is 33.5 Å². The zero-order valence-electron chi connectivity index (χ0n) is 29.3. The van der Waals surface area contributed by atoms with Crippen LogP contribution in [0.2, 0.25) is 0 Å². The smallest absolute Gasteiger partial charge is 0.178 e. The fourth-order valence-corrected chi connectivity index (χ4v) is 4.68. The maximum Gasteiger partial charge on any atom is 0.178 e. The summed E-state index contributed by atoms with van der Waals surface area (Å²) in [5.41, 5.74) is 0.379. The minimum atomic E-state index is -0.632. The molecule has 0 aromatic heterocycles. The van der Waals surface area contributed by atoms with Crippen molar-refractivity contribution >= 4 is 23.7 Å². The Hall–Kier alpha value is -4.56. The van der Waals surface area contributed by atoms with E-state index in [1.807, 2.05) is 36.4 Å². The van der Waals surface area contributed by atoms with Crippen molar-refractivity contribution in [3.63, 3.8) is 0 Å². The van der Waals surface area contributed by atoms with E-state index in [4.69, 9.17) is 18.9 Å². The van der Waals surface area contributed by atoms with Crippen LogP contribution in [0.3, 0.4) is 0 Å². The molecule has 0 bridgehead atoms. The molecule has 0 saturated heterocycles. The number of hydrogen-bond acceptors (Lipinski definition) is 8. The van der Waals surface area contributed by atoms with E-state index < -0.39 is 10.8 Å². The Morgan fingerprint density at radius 2 is 0.936 bits per heavy atom. The summed E-state index contributed by atoms with van der Waals surface area (Å²) in [5.74, 6) is 1.99. The number of carbonyl (C=O) groups excluding carboxylic acids is 2. The van der Waals surface area contributed by atoms with Crippen molar-refractivity contribution in [2.75, 3.05) is 27.4 Å². The van der Waals surface area contributed by atoms with Gasteiger partial charge in [-0.2, -0.15) is 10.5 Å². The summed E-state index contributed by atoms with van der Waals surface area (Å²) in [6.45, 7) is 11.9. The number of nitriles is 2. The zero-order valence-corrected chi connectivity index (χ0v) is 29.3. The number of hydrogen-bond donors (Lipinski definition) is 0. The van der Waals surface area contributed by atoms with Crippen molar-refractivity contribution in [2.24, 2.45) is 10.8 Å². The molecule has 8 nitrogen and oxygen atoms in total. The van der Waals surface area contributed by atoms with Crippen LogP contribution in [0.4, 0.5) is 0 Å². The molecule has 0 unspecified atom stereocenters. The van der Waals surface area contributed by atoms with E-state index in [9.17, 15) is 20.1 Å². The van der Waals surface area contributed by atoms with Gasteiger partial charge in [-0.05, 0) is 60.4 Å². The van der Waals surface area contributed by atoms with Crippen molar-refractivity contribution in [3.8, 4) is 35.1 Å². The molecule has 0 N–H and O–H groups in total. The van der Waals surface area contributed by atoms with E-state index in [1.165, 1.54) is 0 Å². The van der Waals surface area contributed by atoms with Crippen molar-refractivity contribution in [3.05, 3.63) is 58.7 Å². The molecule has 47 heavy (non-hydrogen) atoms. The molecule has 8 heteroatoms. The highest BCUT2D eigenvalue weighted by Gasteiger charge is 2.26. The Labute approximate surface area is 281 Å². The highest BCUT2D eigenvalue weighted by molar-refractivity contribution is 6.06. The molecule has 0 fully saturated rings. The molecule has 2 rings (SSSR count). The number of ketones is 2. The zero-order chi connectivity index (χ0) is 35.0. The summed E-state index contributed by atoms with van der Waals surface area (Å²) in [6.07, 6.45) is 10.5. The van der Waals surface area contributed by atoms with Gasteiger partial charge in [-0.25, -0.2) is 0 Å². The van der Waals surface area contributed by atoms with Gasteiger partial charge in [0.15, 0.2) is 34.6 Å². The molecule has 0 radical (unpaired) electrons. The average Bonchev–Trinajstić information content (AvgIpc) is 3.04. The summed E-state index contributed by atoms with van der Waals surface area (Å²) < 4.78 is 22.9. The van der Waals surface area contributed by atoms with E-state index >= 15 is 0 Å².